The molecule has 0 spiro atoms. The summed E-state index contributed by atoms with van der Waals surface area (Å²) in [6.07, 6.45) is -38.7. The summed E-state index contributed by atoms with van der Waals surface area (Å²) in [6.45, 7) is 15.2. The van der Waals surface area contributed by atoms with E-state index in [4.69, 9.17) is 61.0 Å². The van der Waals surface area contributed by atoms with Gasteiger partial charge in [-0.1, -0.05) is 57.9 Å². The van der Waals surface area contributed by atoms with Crippen LogP contribution in [0, 0.1) is 39.4 Å². The monoisotopic (exact) mass is 1550 g/mol. The van der Waals surface area contributed by atoms with E-state index in [0.29, 0.717) is 32.1 Å². The zero-order chi connectivity index (χ0) is 73.4. The molecule has 4 aliphatic carbocycles. The first-order valence-corrected chi connectivity index (χ1v) is 37.0. The number of hydrogen-bond acceptors (Lipinski definition) is 35. The van der Waals surface area contributed by atoms with E-state index in [0.717, 1.165) is 31.9 Å². The number of aliphatic hydroxyl groups excluding tert-OH is 9. The van der Waals surface area contributed by atoms with E-state index in [1.54, 1.807) is 6.92 Å². The third kappa shape index (κ3) is 19.5. The van der Waals surface area contributed by atoms with Crippen molar-refractivity contribution in [3.05, 3.63) is 23.3 Å². The van der Waals surface area contributed by atoms with Crippen molar-refractivity contribution in [2.75, 3.05) is 33.5 Å². The van der Waals surface area contributed by atoms with Gasteiger partial charge in [0.05, 0.1) is 38.6 Å². The number of esters is 1. The third-order valence-corrected chi connectivity index (χ3v) is 24.1. The number of fused-ring (bicyclic) bond motifs is 5. The Labute approximate surface area is 660 Å². The fourth-order valence-corrected chi connectivity index (χ4v) is 18.5. The van der Waals surface area contributed by atoms with E-state index >= 15 is 0 Å². The first kappa shape index (κ1) is 91.6. The SMILES string of the molecule is COC1C(O)[C@H](OC2C(O)[C@H](O[C@@H]3C(C)O[C@@H](OC4C(O)[C@H](OS(=O)(=O)[O-])CO[C@H]4OC4CCC5(C)C6=CCC7(C)C([C@@](C)(O)[C@@H](CC=C(C)C)OC(C)=O)CC[C@@]7(C)C6CCC5C4(C)C)C(O[C@@H]4OC[C@@H](O)C(O)C4O)C3O)OC(COS(=O)(=O)[O-])[C@H]2O)OC(COS(=O)(=O)[O-])[C@H]1O.[Na+].[Na+].[Na+]. The van der Waals surface area contributed by atoms with Gasteiger partial charge in [-0.3, -0.25) is 17.3 Å². The molecule has 0 aromatic rings. The summed E-state index contributed by atoms with van der Waals surface area (Å²) in [5.41, 5.74) is -0.857. The molecule has 5 heterocycles. The first-order valence-electron chi connectivity index (χ1n) is 33.0. The van der Waals surface area contributed by atoms with Gasteiger partial charge in [0.25, 0.3) is 0 Å². The molecule has 5 saturated heterocycles. The minimum absolute atomic E-state index is 0. The van der Waals surface area contributed by atoms with Crippen LogP contribution < -0.4 is 88.7 Å². The van der Waals surface area contributed by atoms with Crippen LogP contribution in [0.5, 0.6) is 0 Å². The van der Waals surface area contributed by atoms with Gasteiger partial charge in [-0.05, 0) is 112 Å². The Kier molecular flexibility index (Phi) is 31.8. The summed E-state index contributed by atoms with van der Waals surface area (Å²) < 4.78 is 191. The fourth-order valence-electron chi connectivity index (χ4n) is 17.5. The van der Waals surface area contributed by atoms with Crippen molar-refractivity contribution in [1.82, 2.24) is 0 Å². The van der Waals surface area contributed by atoms with Crippen molar-refractivity contribution in [1.29, 1.82) is 0 Å². The zero-order valence-electron chi connectivity index (χ0n) is 59.7. The van der Waals surface area contributed by atoms with Crippen LogP contribution in [0.2, 0.25) is 0 Å². The van der Waals surface area contributed by atoms with E-state index in [-0.39, 0.29) is 112 Å². The Balaban J connectivity index is 0.00000545. The number of hydrogen-bond donors (Lipinski definition) is 10. The van der Waals surface area contributed by atoms with Crippen molar-refractivity contribution < 1.29 is 253 Å². The normalized spacial score (nSPS) is 44.6. The molecule has 0 aromatic heterocycles. The Hall–Kier alpha value is 0.720. The Morgan fingerprint density at radius 3 is 1.72 bits per heavy atom. The van der Waals surface area contributed by atoms with Crippen molar-refractivity contribution in [2.45, 2.75) is 280 Å². The van der Waals surface area contributed by atoms with Crippen molar-refractivity contribution >= 4 is 37.2 Å². The van der Waals surface area contributed by atoms with Crippen molar-refractivity contribution in [3.8, 4) is 0 Å². The predicted octanol–water partition coefficient (Wildman–Crippen LogP) is -11.5. The summed E-state index contributed by atoms with van der Waals surface area (Å²) >= 11 is 0. The molecule has 32 atom stereocenters. The second kappa shape index (κ2) is 35.4. The van der Waals surface area contributed by atoms with Crippen LogP contribution in [0.25, 0.3) is 0 Å². The zero-order valence-corrected chi connectivity index (χ0v) is 68.2. The molecule has 0 aromatic carbocycles. The molecule has 19 unspecified atom stereocenters. The second-order valence-corrected chi connectivity index (χ2v) is 32.6. The topological polar surface area (TPSA) is 529 Å². The van der Waals surface area contributed by atoms with E-state index in [1.807, 2.05) is 33.8 Å². The van der Waals surface area contributed by atoms with Gasteiger partial charge in [0.2, 0.25) is 31.2 Å². The van der Waals surface area contributed by atoms with Crippen LogP contribution >= 0.6 is 0 Å². The second-order valence-electron chi connectivity index (χ2n) is 29.4. The van der Waals surface area contributed by atoms with Gasteiger partial charge in [-0.25, -0.2) is 25.3 Å². The molecule has 0 amide bonds. The Bertz CT molecular complexity index is 3230. The van der Waals surface area contributed by atoms with Gasteiger partial charge >= 0.3 is 94.6 Å². The molecular weight excluding hydrogens is 1460 g/mol. The quantitative estimate of drug-likeness (QED) is 0.0107. The van der Waals surface area contributed by atoms with Crippen molar-refractivity contribution in [2.24, 2.45) is 39.4 Å². The molecule has 572 valence electrons. The van der Waals surface area contributed by atoms with Crippen LogP contribution in [-0.2, 0) is 105 Å². The summed E-state index contributed by atoms with van der Waals surface area (Å²) in [7, 11) is -15.6. The molecule has 41 heteroatoms. The van der Waals surface area contributed by atoms with E-state index in [2.05, 4.69) is 35.2 Å². The molecule has 9 aliphatic rings. The van der Waals surface area contributed by atoms with Gasteiger partial charge in [0.1, 0.15) is 115 Å². The number of carbonyl (C=O) groups is 1. The summed E-state index contributed by atoms with van der Waals surface area (Å²) in [5.74, 6) is -0.667. The van der Waals surface area contributed by atoms with Gasteiger partial charge in [0, 0.05) is 20.5 Å². The maximum atomic E-state index is 12.6. The largest absolute Gasteiger partial charge is 1.00 e. The minimum Gasteiger partial charge on any atom is -0.726 e. The standard InChI is InChI=1S/C61H100O35S3.3Na/c1-26(2)12-15-38(88-28(4)62)61(10,72)36-17-21-59(8)30-13-14-35-57(5,6)37(18-19-58(35,7)29(30)16-20-60(36,59)9)91-55-50(42(67)34(23-84-55)96-99(79,80)81)95-56-51(94-52-43(68)39(64)31(63)22-83-52)44(69)47(27(3)87-56)92-54-46(71)49(41(66)33(90-54)25-86-98(76,77)78)93-53-45(70)48(82-11)40(65)32(89-53)24-85-97(73,74)75;;;/h12,16,27,30-56,63-72H,13-15,17-25H2,1-11H3,(H,73,74,75)(H,76,77,78)(H,79,80,81);;;/q;3*+1/p-3/t27?,30?,31-,32?,33?,34-,35?,36?,37?,38-,39?,40-,41-,42?,43?,44?,45?,46?,47-,48?,49?,50?,51?,52+,53+,54+,55+,56+,58?,59+,60?,61-;;;/m1.../s1. The van der Waals surface area contributed by atoms with Crippen LogP contribution in [0.1, 0.15) is 121 Å². The maximum Gasteiger partial charge on any atom is 1.00 e. The molecule has 3 saturated carbocycles. The van der Waals surface area contributed by atoms with Crippen molar-refractivity contribution in [3.63, 3.8) is 0 Å². The molecule has 35 nitrogen and oxygen atoms in total. The van der Waals surface area contributed by atoms with Crippen LogP contribution in [-0.4, -0.2) is 289 Å². The van der Waals surface area contributed by atoms with Gasteiger partial charge in [-0.2, -0.15) is 0 Å². The molecular formula is C61H97Na3O35S3. The molecule has 0 bridgehead atoms. The molecule has 102 heavy (non-hydrogen) atoms. The third-order valence-electron chi connectivity index (χ3n) is 22.8. The number of allylic oxidation sites excluding steroid dienone is 3. The Morgan fingerprint density at radius 1 is 0.618 bits per heavy atom. The molecule has 9 rings (SSSR count). The number of aliphatic hydroxyl groups is 10. The number of rotatable bonds is 24. The molecule has 0 radical (unpaired) electrons. The fraction of sp³-hybridized carbons (Fsp3) is 0.918. The minimum atomic E-state index is -5.59. The Morgan fingerprint density at radius 2 is 1.16 bits per heavy atom. The molecule has 10 N–H and O–H groups in total. The van der Waals surface area contributed by atoms with E-state index in [1.165, 1.54) is 19.4 Å². The first-order chi connectivity index (χ1) is 45.8. The average molecular weight is 1560 g/mol. The van der Waals surface area contributed by atoms with Crippen LogP contribution in [0.15, 0.2) is 23.3 Å². The maximum absolute atomic E-state index is 12.6. The van der Waals surface area contributed by atoms with Gasteiger partial charge in [0.15, 0.2) is 31.5 Å². The van der Waals surface area contributed by atoms with E-state index in [9.17, 15) is 94.8 Å². The number of carbonyl (C=O) groups excluding carboxylic acids is 1. The van der Waals surface area contributed by atoms with Gasteiger partial charge in [-0.15, -0.1) is 0 Å². The summed E-state index contributed by atoms with van der Waals surface area (Å²) in [4.78, 5) is 12.5. The summed E-state index contributed by atoms with van der Waals surface area (Å²) in [6, 6.07) is 0. The summed E-state index contributed by atoms with van der Waals surface area (Å²) in [5, 5.41) is 115. The van der Waals surface area contributed by atoms with Crippen LogP contribution in [0.4, 0.5) is 0 Å². The average Bonchev–Trinajstić information content (AvgIpc) is 1.39. The number of methoxy groups -OCH3 is 1. The molecule has 5 aliphatic heterocycles. The smallest absolute Gasteiger partial charge is 0.726 e. The van der Waals surface area contributed by atoms with E-state index < -0.39 is 239 Å². The van der Waals surface area contributed by atoms with Crippen LogP contribution in [0.3, 0.4) is 0 Å². The molecule has 8 fully saturated rings. The van der Waals surface area contributed by atoms with Gasteiger partial charge < -0.3 is 122 Å². The predicted molar refractivity (Wildman–Crippen MR) is 325 cm³/mol. The number of ether oxygens (including phenoxy) is 12.